The van der Waals surface area contributed by atoms with E-state index in [4.69, 9.17) is 23.2 Å². The first-order valence-corrected chi connectivity index (χ1v) is 12.7. The summed E-state index contributed by atoms with van der Waals surface area (Å²) in [6.07, 6.45) is 4.13. The molecule has 3 rings (SSSR count). The van der Waals surface area contributed by atoms with E-state index in [2.05, 4.69) is 15.4 Å². The number of aromatic nitrogens is 3. The highest BCUT2D eigenvalue weighted by Gasteiger charge is 2.37. The zero-order valence-corrected chi connectivity index (χ0v) is 20.0. The van der Waals surface area contributed by atoms with Crippen molar-refractivity contribution in [1.82, 2.24) is 20.1 Å². The number of pyridine rings is 1. The van der Waals surface area contributed by atoms with Crippen molar-refractivity contribution in [2.24, 2.45) is 0 Å². The lowest BCUT2D eigenvalue weighted by molar-refractivity contribution is 0.00606. The summed E-state index contributed by atoms with van der Waals surface area (Å²) in [5.41, 5.74) is 1.04. The summed E-state index contributed by atoms with van der Waals surface area (Å²) in [7, 11) is -3.14. The molecule has 2 N–H and O–H groups in total. The van der Waals surface area contributed by atoms with Gasteiger partial charge in [-0.1, -0.05) is 23.2 Å². The number of rotatable bonds is 6. The number of aliphatic hydroxyl groups is 1. The first-order valence-electron chi connectivity index (χ1n) is 10.0. The molecule has 0 aromatic carbocycles. The molecule has 1 fully saturated rings. The van der Waals surface area contributed by atoms with Crippen LogP contribution in [0.25, 0.3) is 11.3 Å². The van der Waals surface area contributed by atoms with E-state index in [-0.39, 0.29) is 17.3 Å². The van der Waals surface area contributed by atoms with Crippen LogP contribution in [0.4, 0.5) is 0 Å². The van der Waals surface area contributed by atoms with E-state index in [0.717, 1.165) is 11.1 Å². The summed E-state index contributed by atoms with van der Waals surface area (Å²) in [6.45, 7) is 4.24. The number of hydrogen-bond acceptors (Lipinski definition) is 6. The Labute approximate surface area is 191 Å². The summed E-state index contributed by atoms with van der Waals surface area (Å²) in [5, 5.41) is 17.9. The summed E-state index contributed by atoms with van der Waals surface area (Å²) >= 11 is 12.5. The predicted molar refractivity (Wildman–Crippen MR) is 120 cm³/mol. The molecule has 2 heterocycles. The Morgan fingerprint density at radius 3 is 2.55 bits per heavy atom. The maximum Gasteiger partial charge on any atom is 0.273 e. The van der Waals surface area contributed by atoms with Crippen molar-refractivity contribution in [2.45, 2.75) is 56.9 Å². The number of carbonyl (C=O) groups is 1. The fraction of sp³-hybridized carbons (Fsp3) is 0.550. The first kappa shape index (κ1) is 24.0. The second-order valence-electron chi connectivity index (χ2n) is 8.08. The Morgan fingerprint density at radius 1 is 1.35 bits per heavy atom. The van der Waals surface area contributed by atoms with Crippen LogP contribution < -0.4 is 5.32 Å². The van der Waals surface area contributed by atoms with Gasteiger partial charge in [-0.05, 0) is 51.2 Å². The first-order chi connectivity index (χ1) is 14.4. The summed E-state index contributed by atoms with van der Waals surface area (Å²) in [4.78, 5) is 16.9. The van der Waals surface area contributed by atoms with Gasteiger partial charge in [-0.2, -0.15) is 5.10 Å². The molecule has 1 amide bonds. The number of amides is 1. The summed E-state index contributed by atoms with van der Waals surface area (Å²) in [6, 6.07) is 1.71. The zero-order valence-electron chi connectivity index (χ0n) is 17.7. The molecule has 0 atom stereocenters. The average molecular weight is 489 g/mol. The van der Waals surface area contributed by atoms with Gasteiger partial charge in [0, 0.05) is 31.1 Å². The van der Waals surface area contributed by atoms with Crippen molar-refractivity contribution in [3.05, 3.63) is 33.7 Å². The van der Waals surface area contributed by atoms with Crippen LogP contribution in [0.5, 0.6) is 0 Å². The topological polar surface area (TPSA) is 114 Å². The molecule has 170 valence electrons. The van der Waals surface area contributed by atoms with E-state index in [1.807, 2.05) is 13.8 Å². The third kappa shape index (κ3) is 5.22. The Balaban J connectivity index is 1.76. The number of halogens is 2. The summed E-state index contributed by atoms with van der Waals surface area (Å²) < 4.78 is 25.1. The molecule has 0 saturated heterocycles. The van der Waals surface area contributed by atoms with Crippen LogP contribution in [0, 0.1) is 6.92 Å². The molecule has 2 aromatic heterocycles. The highest BCUT2D eigenvalue weighted by atomic mass is 35.5. The lowest BCUT2D eigenvalue weighted by Crippen LogP contribution is -2.47. The van der Waals surface area contributed by atoms with E-state index in [0.29, 0.717) is 43.1 Å². The zero-order chi connectivity index (χ0) is 23.0. The number of aryl methyl sites for hydroxylation is 2. The number of nitrogens with zero attached hydrogens (tertiary/aromatic N) is 3. The Morgan fingerprint density at radius 2 is 2.00 bits per heavy atom. The van der Waals surface area contributed by atoms with E-state index < -0.39 is 26.6 Å². The third-order valence-corrected chi connectivity index (χ3v) is 8.04. The van der Waals surface area contributed by atoms with Gasteiger partial charge >= 0.3 is 0 Å². The van der Waals surface area contributed by atoms with Gasteiger partial charge in [0.15, 0.2) is 5.69 Å². The standard InChI is InChI=1S/C20H26Cl2N4O4S/c1-4-26-18(14-10-23-15(21)9-12(14)2)16(22)17(25-26)19(27)24-11-20(28)7-5-13(6-8-20)31(3,29)30/h9-10,13,28H,4-8,11H2,1-3H3,(H,24,27). The van der Waals surface area contributed by atoms with Crippen molar-refractivity contribution in [1.29, 1.82) is 0 Å². The van der Waals surface area contributed by atoms with Crippen LogP contribution >= 0.6 is 23.2 Å². The van der Waals surface area contributed by atoms with Gasteiger partial charge in [-0.15, -0.1) is 0 Å². The van der Waals surface area contributed by atoms with Crippen molar-refractivity contribution < 1.29 is 18.3 Å². The number of carbonyl (C=O) groups excluding carboxylic acids is 1. The molecule has 1 aliphatic rings. The maximum atomic E-state index is 12.8. The molecule has 0 spiro atoms. The molecule has 11 heteroatoms. The Hall–Kier alpha value is -1.68. The van der Waals surface area contributed by atoms with Crippen molar-refractivity contribution >= 4 is 38.9 Å². The molecule has 0 aliphatic heterocycles. The molecule has 0 radical (unpaired) electrons. The molecule has 8 nitrogen and oxygen atoms in total. The second kappa shape index (κ2) is 9.05. The van der Waals surface area contributed by atoms with Gasteiger partial charge in [-0.25, -0.2) is 13.4 Å². The maximum absolute atomic E-state index is 12.8. The van der Waals surface area contributed by atoms with Crippen LogP contribution in [0.2, 0.25) is 10.2 Å². The fourth-order valence-corrected chi connectivity index (χ4v) is 5.53. The van der Waals surface area contributed by atoms with Gasteiger partial charge in [0.1, 0.15) is 15.0 Å². The van der Waals surface area contributed by atoms with Gasteiger partial charge < -0.3 is 10.4 Å². The van der Waals surface area contributed by atoms with Gasteiger partial charge in [0.2, 0.25) is 0 Å². The van der Waals surface area contributed by atoms with E-state index >= 15 is 0 Å². The molecule has 31 heavy (non-hydrogen) atoms. The smallest absolute Gasteiger partial charge is 0.273 e. The Bertz CT molecular complexity index is 1090. The van der Waals surface area contributed by atoms with E-state index in [9.17, 15) is 18.3 Å². The predicted octanol–water partition coefficient (Wildman–Crippen LogP) is 3.03. The minimum absolute atomic E-state index is 0.00547. The molecular weight excluding hydrogens is 463 g/mol. The van der Waals surface area contributed by atoms with E-state index in [1.54, 1.807) is 16.9 Å². The lowest BCUT2D eigenvalue weighted by Gasteiger charge is -2.35. The van der Waals surface area contributed by atoms with Gasteiger partial charge in [-0.3, -0.25) is 9.48 Å². The van der Waals surface area contributed by atoms with Crippen molar-refractivity contribution in [3.63, 3.8) is 0 Å². The molecule has 0 bridgehead atoms. The van der Waals surface area contributed by atoms with Crippen LogP contribution in [-0.4, -0.2) is 57.8 Å². The van der Waals surface area contributed by atoms with Gasteiger partial charge in [0.25, 0.3) is 5.91 Å². The molecule has 0 unspecified atom stereocenters. The molecule has 1 saturated carbocycles. The molecule has 2 aromatic rings. The normalized spacial score (nSPS) is 21.8. The molecular formula is C20H26Cl2N4O4S. The molecule has 1 aliphatic carbocycles. The Kier molecular flexibility index (Phi) is 7.00. The SMILES string of the molecule is CCn1nc(C(=O)NCC2(O)CCC(S(C)(=O)=O)CC2)c(Cl)c1-c1cnc(Cl)cc1C. The van der Waals surface area contributed by atoms with Gasteiger partial charge in [0.05, 0.1) is 21.6 Å². The average Bonchev–Trinajstić information content (AvgIpc) is 3.02. The van der Waals surface area contributed by atoms with Crippen LogP contribution in [-0.2, 0) is 16.4 Å². The lowest BCUT2D eigenvalue weighted by atomic mass is 9.84. The van der Waals surface area contributed by atoms with E-state index in [1.165, 1.54) is 6.26 Å². The minimum Gasteiger partial charge on any atom is -0.388 e. The third-order valence-electron chi connectivity index (χ3n) is 5.79. The fourth-order valence-electron chi connectivity index (χ4n) is 3.90. The minimum atomic E-state index is -3.14. The highest BCUT2D eigenvalue weighted by Crippen LogP contribution is 2.34. The van der Waals surface area contributed by atoms with Crippen LogP contribution in [0.3, 0.4) is 0 Å². The largest absolute Gasteiger partial charge is 0.388 e. The number of nitrogens with one attached hydrogen (secondary N) is 1. The summed E-state index contributed by atoms with van der Waals surface area (Å²) in [5.74, 6) is -0.503. The van der Waals surface area contributed by atoms with Crippen molar-refractivity contribution in [3.8, 4) is 11.3 Å². The highest BCUT2D eigenvalue weighted by molar-refractivity contribution is 7.91. The number of hydrogen-bond donors (Lipinski definition) is 2. The van der Waals surface area contributed by atoms with Crippen molar-refractivity contribution in [2.75, 3.05) is 12.8 Å². The van der Waals surface area contributed by atoms with Crippen LogP contribution in [0.15, 0.2) is 12.3 Å². The number of sulfone groups is 1. The second-order valence-corrected chi connectivity index (χ2v) is 11.2. The monoisotopic (exact) mass is 488 g/mol. The quantitative estimate of drug-likeness (QED) is 0.603. The van der Waals surface area contributed by atoms with Crippen LogP contribution in [0.1, 0.15) is 48.7 Å².